The number of nitrogens with zero attached hydrogens (tertiary/aromatic N) is 1. The number of primary amides is 1. The van der Waals surface area contributed by atoms with Crippen LogP contribution in [0.1, 0.15) is 40.5 Å². The Morgan fingerprint density at radius 1 is 1.07 bits per heavy atom. The van der Waals surface area contributed by atoms with Gasteiger partial charge >= 0.3 is 0 Å². The molecule has 28 heavy (non-hydrogen) atoms. The molecule has 0 aromatic heterocycles. The van der Waals surface area contributed by atoms with Gasteiger partial charge in [0.1, 0.15) is 0 Å². The van der Waals surface area contributed by atoms with Crippen molar-refractivity contribution in [2.45, 2.75) is 41.6 Å². The molecule has 3 saturated heterocycles. The first kappa shape index (κ1) is 19.0. The fraction of sp³-hybridized carbons (Fsp3) is 0.364. The van der Waals surface area contributed by atoms with Gasteiger partial charge in [-0.15, -0.1) is 0 Å². The predicted molar refractivity (Wildman–Crippen MR) is 111 cm³/mol. The number of piperidine rings is 3. The second-order valence-electron chi connectivity index (χ2n) is 7.60. The number of carbonyl (C=O) groups excluding carboxylic acids is 2. The summed E-state index contributed by atoms with van der Waals surface area (Å²) in [5, 5.41) is 3.26. The molecule has 2 unspecified atom stereocenters. The van der Waals surface area contributed by atoms with E-state index in [1.807, 2.05) is 36.4 Å². The molecule has 5 rings (SSSR count). The number of benzene rings is 2. The average molecular weight is 396 g/mol. The van der Waals surface area contributed by atoms with E-state index < -0.39 is 5.91 Å². The van der Waals surface area contributed by atoms with Gasteiger partial charge < -0.3 is 11.1 Å². The molecule has 146 valence electrons. The third-order valence-corrected chi connectivity index (χ3v) is 7.06. The molecule has 2 aromatic carbocycles. The fourth-order valence-corrected chi connectivity index (χ4v) is 5.29. The number of hydrogen-bond donors (Lipinski definition) is 2. The Morgan fingerprint density at radius 2 is 1.75 bits per heavy atom. The van der Waals surface area contributed by atoms with Crippen molar-refractivity contribution < 1.29 is 9.59 Å². The van der Waals surface area contributed by atoms with Crippen LogP contribution in [0.3, 0.4) is 0 Å². The van der Waals surface area contributed by atoms with Crippen molar-refractivity contribution in [1.82, 2.24) is 10.2 Å². The van der Waals surface area contributed by atoms with Crippen LogP contribution in [0.5, 0.6) is 0 Å². The molecule has 0 saturated carbocycles. The van der Waals surface area contributed by atoms with E-state index in [9.17, 15) is 9.59 Å². The summed E-state index contributed by atoms with van der Waals surface area (Å²) >= 11 is 1.47. The highest BCUT2D eigenvalue weighted by atomic mass is 32.2. The molecule has 0 radical (unpaired) electrons. The molecule has 3 heterocycles. The molecule has 2 bridgehead atoms. The Labute approximate surface area is 169 Å². The Hall–Kier alpha value is -2.31. The molecule has 3 aliphatic heterocycles. The molecule has 3 N–H and O–H groups in total. The standard InChI is InChI=1S/C22H25N3O2S/c1-14-20(15-10-12-25(14)13-11-15)24-22(27)16-6-8-17(9-7-16)28-19-5-3-2-4-18(19)21(23)26/h2-9,14-15,20H,10-13H2,1H3,(H2,23,26)(H,24,27). The lowest BCUT2D eigenvalue weighted by Gasteiger charge is -2.49. The van der Waals surface area contributed by atoms with Gasteiger partial charge in [-0.1, -0.05) is 23.9 Å². The quantitative estimate of drug-likeness (QED) is 0.816. The van der Waals surface area contributed by atoms with E-state index in [1.54, 1.807) is 12.1 Å². The van der Waals surface area contributed by atoms with Crippen molar-refractivity contribution in [3.63, 3.8) is 0 Å². The highest BCUT2D eigenvalue weighted by molar-refractivity contribution is 7.99. The first-order chi connectivity index (χ1) is 13.5. The van der Waals surface area contributed by atoms with Gasteiger partial charge in [0.2, 0.25) is 5.91 Å². The summed E-state index contributed by atoms with van der Waals surface area (Å²) in [5.74, 6) is 0.134. The molecule has 2 amide bonds. The summed E-state index contributed by atoms with van der Waals surface area (Å²) in [4.78, 5) is 28.6. The van der Waals surface area contributed by atoms with E-state index in [-0.39, 0.29) is 11.9 Å². The van der Waals surface area contributed by atoms with Crippen LogP contribution in [0, 0.1) is 5.92 Å². The molecular formula is C22H25N3O2S. The zero-order valence-corrected chi connectivity index (χ0v) is 16.7. The SMILES string of the molecule is CC1C(NC(=O)c2ccc(Sc3ccccc3C(N)=O)cc2)C2CCN1CC2. The van der Waals surface area contributed by atoms with Gasteiger partial charge in [-0.05, 0) is 75.2 Å². The molecule has 2 aromatic rings. The lowest BCUT2D eigenvalue weighted by molar-refractivity contribution is 0.0217. The van der Waals surface area contributed by atoms with E-state index in [2.05, 4.69) is 17.1 Å². The minimum Gasteiger partial charge on any atom is -0.366 e. The van der Waals surface area contributed by atoms with E-state index in [0.29, 0.717) is 23.1 Å². The minimum atomic E-state index is -0.439. The summed E-state index contributed by atoms with van der Waals surface area (Å²) in [7, 11) is 0. The predicted octanol–water partition coefficient (Wildman–Crippen LogP) is 3.15. The smallest absolute Gasteiger partial charge is 0.251 e. The normalized spacial score (nSPS) is 26.0. The van der Waals surface area contributed by atoms with Gasteiger partial charge in [0.05, 0.1) is 5.56 Å². The van der Waals surface area contributed by atoms with Crippen LogP contribution in [0.2, 0.25) is 0 Å². The summed E-state index contributed by atoms with van der Waals surface area (Å²) in [6.45, 7) is 4.51. The molecule has 0 spiro atoms. The molecule has 3 fully saturated rings. The van der Waals surface area contributed by atoms with Crippen molar-refractivity contribution in [1.29, 1.82) is 0 Å². The Balaban J connectivity index is 1.43. The van der Waals surface area contributed by atoms with Crippen LogP contribution >= 0.6 is 11.8 Å². The van der Waals surface area contributed by atoms with Crippen LogP contribution < -0.4 is 11.1 Å². The van der Waals surface area contributed by atoms with Crippen LogP contribution in [-0.4, -0.2) is 41.9 Å². The summed E-state index contributed by atoms with van der Waals surface area (Å²) < 4.78 is 0. The first-order valence-corrected chi connectivity index (χ1v) is 10.6. The van der Waals surface area contributed by atoms with Crippen molar-refractivity contribution >= 4 is 23.6 Å². The largest absolute Gasteiger partial charge is 0.366 e. The summed E-state index contributed by atoms with van der Waals surface area (Å²) in [5.41, 5.74) is 6.62. The lowest BCUT2D eigenvalue weighted by Crippen LogP contribution is -2.62. The minimum absolute atomic E-state index is 0.0142. The highest BCUT2D eigenvalue weighted by Crippen LogP contribution is 2.33. The molecule has 5 nitrogen and oxygen atoms in total. The number of nitrogens with one attached hydrogen (secondary N) is 1. The van der Waals surface area contributed by atoms with Crippen molar-refractivity contribution in [2.75, 3.05) is 13.1 Å². The Morgan fingerprint density at radius 3 is 2.39 bits per heavy atom. The van der Waals surface area contributed by atoms with Crippen LogP contribution in [0.25, 0.3) is 0 Å². The number of carbonyl (C=O) groups is 2. The Bertz CT molecular complexity index is 874. The lowest BCUT2D eigenvalue weighted by atomic mass is 9.79. The highest BCUT2D eigenvalue weighted by Gasteiger charge is 2.40. The molecule has 2 atom stereocenters. The van der Waals surface area contributed by atoms with E-state index in [1.165, 1.54) is 24.6 Å². The van der Waals surface area contributed by atoms with Crippen molar-refractivity contribution in [3.05, 3.63) is 59.7 Å². The van der Waals surface area contributed by atoms with Crippen LogP contribution in [0.4, 0.5) is 0 Å². The fourth-order valence-electron chi connectivity index (χ4n) is 4.34. The number of nitrogens with two attached hydrogens (primary N) is 1. The number of hydrogen-bond acceptors (Lipinski definition) is 4. The molecule has 3 aliphatic rings. The van der Waals surface area contributed by atoms with E-state index >= 15 is 0 Å². The maximum Gasteiger partial charge on any atom is 0.251 e. The van der Waals surface area contributed by atoms with E-state index in [4.69, 9.17) is 5.73 Å². The summed E-state index contributed by atoms with van der Waals surface area (Å²) in [6.07, 6.45) is 2.34. The van der Waals surface area contributed by atoms with Gasteiger partial charge in [-0.25, -0.2) is 0 Å². The second kappa shape index (κ2) is 7.97. The first-order valence-electron chi connectivity index (χ1n) is 9.74. The van der Waals surface area contributed by atoms with Gasteiger partial charge in [0.25, 0.3) is 5.91 Å². The summed E-state index contributed by atoms with van der Waals surface area (Å²) in [6, 6.07) is 15.4. The maximum absolute atomic E-state index is 12.8. The third-order valence-electron chi connectivity index (χ3n) is 5.97. The topological polar surface area (TPSA) is 75.4 Å². The monoisotopic (exact) mass is 395 g/mol. The maximum atomic E-state index is 12.8. The number of rotatable bonds is 5. The van der Waals surface area contributed by atoms with Crippen LogP contribution in [-0.2, 0) is 0 Å². The number of amides is 2. The zero-order valence-electron chi connectivity index (χ0n) is 15.9. The Kier molecular flexibility index (Phi) is 5.42. The third kappa shape index (κ3) is 3.80. The van der Waals surface area contributed by atoms with Gasteiger partial charge in [-0.3, -0.25) is 14.5 Å². The van der Waals surface area contributed by atoms with Gasteiger partial charge in [0, 0.05) is 27.4 Å². The molecule has 0 aliphatic carbocycles. The van der Waals surface area contributed by atoms with Gasteiger partial charge in [-0.2, -0.15) is 0 Å². The van der Waals surface area contributed by atoms with Crippen molar-refractivity contribution in [2.24, 2.45) is 11.7 Å². The van der Waals surface area contributed by atoms with E-state index in [0.717, 1.165) is 22.9 Å². The van der Waals surface area contributed by atoms with Crippen LogP contribution in [0.15, 0.2) is 58.3 Å². The molecular weight excluding hydrogens is 370 g/mol. The molecule has 6 heteroatoms. The van der Waals surface area contributed by atoms with Gasteiger partial charge in [0.15, 0.2) is 0 Å². The van der Waals surface area contributed by atoms with Crippen molar-refractivity contribution in [3.8, 4) is 0 Å². The second-order valence-corrected chi connectivity index (χ2v) is 8.72. The average Bonchev–Trinajstić information content (AvgIpc) is 2.71. The zero-order chi connectivity index (χ0) is 19.7. The number of fused-ring (bicyclic) bond motifs is 3.